The maximum absolute atomic E-state index is 6.37. The first kappa shape index (κ1) is 14.7. The van der Waals surface area contributed by atoms with E-state index in [0.717, 1.165) is 29.7 Å². The van der Waals surface area contributed by atoms with Crippen LogP contribution in [0.25, 0.3) is 0 Å². The molecule has 0 radical (unpaired) electrons. The van der Waals surface area contributed by atoms with Gasteiger partial charge in [0.25, 0.3) is 0 Å². The Morgan fingerprint density at radius 3 is 2.74 bits per heavy atom. The second kappa shape index (κ2) is 6.62. The van der Waals surface area contributed by atoms with Gasteiger partial charge in [0.15, 0.2) is 0 Å². The molecule has 1 aliphatic carbocycles. The highest BCUT2D eigenvalue weighted by molar-refractivity contribution is 6.32. The molecule has 2 nitrogen and oxygen atoms in total. The van der Waals surface area contributed by atoms with Crippen LogP contribution in [0.2, 0.25) is 5.02 Å². The third-order valence-electron chi connectivity index (χ3n) is 4.04. The number of aryl methyl sites for hydroxylation is 1. The first-order valence-corrected chi connectivity index (χ1v) is 7.62. The first-order valence-electron chi connectivity index (χ1n) is 7.24. The molecule has 3 heteroatoms. The van der Waals surface area contributed by atoms with Crippen molar-refractivity contribution in [3.8, 4) is 5.75 Å². The summed E-state index contributed by atoms with van der Waals surface area (Å²) in [5, 5.41) is 0.734. The lowest BCUT2D eigenvalue weighted by Gasteiger charge is -2.27. The molecule has 1 unspecified atom stereocenters. The zero-order valence-electron chi connectivity index (χ0n) is 11.9. The zero-order valence-corrected chi connectivity index (χ0v) is 12.7. The van der Waals surface area contributed by atoms with Crippen LogP contribution in [0.4, 0.5) is 0 Å². The normalized spacial score (nSPS) is 17.1. The van der Waals surface area contributed by atoms with Gasteiger partial charge in [0.2, 0.25) is 0 Å². The fourth-order valence-electron chi connectivity index (χ4n) is 2.54. The van der Waals surface area contributed by atoms with Gasteiger partial charge in [-0.25, -0.2) is 0 Å². The molecule has 1 aliphatic rings. The van der Waals surface area contributed by atoms with Crippen LogP contribution in [0.5, 0.6) is 5.75 Å². The number of nitrogens with two attached hydrogens (primary N) is 1. The molecule has 0 aliphatic heterocycles. The van der Waals surface area contributed by atoms with Crippen molar-refractivity contribution < 1.29 is 4.74 Å². The van der Waals surface area contributed by atoms with Crippen LogP contribution in [0.15, 0.2) is 12.1 Å². The van der Waals surface area contributed by atoms with Crippen LogP contribution >= 0.6 is 11.6 Å². The minimum Gasteiger partial charge on any atom is -0.491 e. The van der Waals surface area contributed by atoms with E-state index in [1.165, 1.54) is 30.4 Å². The van der Waals surface area contributed by atoms with Crippen LogP contribution in [0.1, 0.15) is 49.7 Å². The molecule has 19 heavy (non-hydrogen) atoms. The van der Waals surface area contributed by atoms with Crippen LogP contribution < -0.4 is 10.5 Å². The summed E-state index contributed by atoms with van der Waals surface area (Å²) in [5.41, 5.74) is 8.06. The lowest BCUT2D eigenvalue weighted by Crippen LogP contribution is -2.20. The fraction of sp³-hybridized carbons (Fsp3) is 0.625. The Bertz CT molecular complexity index is 429. The molecule has 2 rings (SSSR count). The topological polar surface area (TPSA) is 35.2 Å². The summed E-state index contributed by atoms with van der Waals surface area (Å²) >= 11 is 6.37. The summed E-state index contributed by atoms with van der Waals surface area (Å²) in [6.07, 6.45) is 4.87. The van der Waals surface area contributed by atoms with Crippen molar-refractivity contribution in [3.63, 3.8) is 0 Å². The maximum Gasteiger partial charge on any atom is 0.141 e. The fourth-order valence-corrected chi connectivity index (χ4v) is 2.88. The van der Waals surface area contributed by atoms with Crippen LogP contribution in [0, 0.1) is 12.8 Å². The van der Waals surface area contributed by atoms with Gasteiger partial charge in [-0.1, -0.05) is 31.0 Å². The first-order chi connectivity index (χ1) is 9.11. The number of benzene rings is 1. The van der Waals surface area contributed by atoms with E-state index in [1.807, 2.05) is 6.07 Å². The number of rotatable bonds is 6. The van der Waals surface area contributed by atoms with Crippen molar-refractivity contribution in [2.24, 2.45) is 11.7 Å². The molecule has 2 N–H and O–H groups in total. The SMILES string of the molecule is Cc1cc(Cl)c(OCC2CCC2)c(C(C)CCN)c1. The number of halogens is 1. The lowest BCUT2D eigenvalue weighted by atomic mass is 9.86. The van der Waals surface area contributed by atoms with Crippen LogP contribution in [0.3, 0.4) is 0 Å². The molecule has 1 atom stereocenters. The van der Waals surface area contributed by atoms with Crippen molar-refractivity contribution in [3.05, 3.63) is 28.3 Å². The van der Waals surface area contributed by atoms with Crippen molar-refractivity contribution in [1.29, 1.82) is 0 Å². The van der Waals surface area contributed by atoms with Crippen molar-refractivity contribution >= 4 is 11.6 Å². The van der Waals surface area contributed by atoms with Gasteiger partial charge in [-0.15, -0.1) is 0 Å². The third kappa shape index (κ3) is 3.64. The molecule has 0 amide bonds. The third-order valence-corrected chi connectivity index (χ3v) is 4.32. The van der Waals surface area contributed by atoms with Gasteiger partial charge in [0.1, 0.15) is 5.75 Å². The molecule has 106 valence electrons. The average molecular weight is 282 g/mol. The van der Waals surface area contributed by atoms with Crippen LogP contribution in [-0.4, -0.2) is 13.2 Å². The molecule has 1 aromatic carbocycles. The Balaban J connectivity index is 2.17. The average Bonchev–Trinajstić information content (AvgIpc) is 2.29. The van der Waals surface area contributed by atoms with E-state index in [-0.39, 0.29) is 0 Å². The standard InChI is InChI=1S/C16H24ClNO/c1-11-8-14(12(2)6-7-18)16(15(17)9-11)19-10-13-4-3-5-13/h8-9,12-13H,3-7,10,18H2,1-2H3. The number of hydrogen-bond donors (Lipinski definition) is 1. The lowest BCUT2D eigenvalue weighted by molar-refractivity contribution is 0.179. The molecule has 0 bridgehead atoms. The number of ether oxygens (including phenoxy) is 1. The zero-order chi connectivity index (χ0) is 13.8. The monoisotopic (exact) mass is 281 g/mol. The Labute approximate surface area is 121 Å². The van der Waals surface area contributed by atoms with Gasteiger partial charge < -0.3 is 10.5 Å². The molecule has 0 aromatic heterocycles. The van der Waals surface area contributed by atoms with Crippen molar-refractivity contribution in [2.45, 2.75) is 45.4 Å². The quantitative estimate of drug-likeness (QED) is 0.845. The summed E-state index contributed by atoms with van der Waals surface area (Å²) in [4.78, 5) is 0. The van der Waals surface area contributed by atoms with E-state index in [1.54, 1.807) is 0 Å². The van der Waals surface area contributed by atoms with E-state index >= 15 is 0 Å². The highest BCUT2D eigenvalue weighted by Gasteiger charge is 2.21. The van der Waals surface area contributed by atoms with E-state index in [2.05, 4.69) is 19.9 Å². The minimum absolute atomic E-state index is 0.388. The molecule has 0 spiro atoms. The Morgan fingerprint density at radius 2 is 2.16 bits per heavy atom. The smallest absolute Gasteiger partial charge is 0.141 e. The predicted molar refractivity (Wildman–Crippen MR) is 81.1 cm³/mol. The van der Waals surface area contributed by atoms with Crippen molar-refractivity contribution in [1.82, 2.24) is 0 Å². The van der Waals surface area contributed by atoms with E-state index in [0.29, 0.717) is 12.5 Å². The summed E-state index contributed by atoms with van der Waals surface area (Å²) in [6, 6.07) is 4.17. The molecule has 0 saturated heterocycles. The summed E-state index contributed by atoms with van der Waals surface area (Å²) in [6.45, 7) is 5.74. The Hall–Kier alpha value is -0.730. The summed E-state index contributed by atoms with van der Waals surface area (Å²) in [5.74, 6) is 1.98. The van der Waals surface area contributed by atoms with Gasteiger partial charge in [0, 0.05) is 0 Å². The van der Waals surface area contributed by atoms with Crippen LogP contribution in [-0.2, 0) is 0 Å². The summed E-state index contributed by atoms with van der Waals surface area (Å²) in [7, 11) is 0. The molecule has 1 saturated carbocycles. The second-order valence-corrected chi connectivity index (χ2v) is 6.16. The van der Waals surface area contributed by atoms with E-state index in [9.17, 15) is 0 Å². The van der Waals surface area contributed by atoms with E-state index in [4.69, 9.17) is 22.1 Å². The van der Waals surface area contributed by atoms with E-state index < -0.39 is 0 Å². The van der Waals surface area contributed by atoms with Gasteiger partial charge in [-0.05, 0) is 61.8 Å². The molecule has 0 heterocycles. The van der Waals surface area contributed by atoms with Gasteiger partial charge >= 0.3 is 0 Å². The maximum atomic E-state index is 6.37. The Morgan fingerprint density at radius 1 is 1.42 bits per heavy atom. The predicted octanol–water partition coefficient (Wildman–Crippen LogP) is 4.28. The van der Waals surface area contributed by atoms with Gasteiger partial charge in [0.05, 0.1) is 11.6 Å². The summed E-state index contributed by atoms with van der Waals surface area (Å²) < 4.78 is 6.02. The second-order valence-electron chi connectivity index (χ2n) is 5.75. The minimum atomic E-state index is 0.388. The highest BCUT2D eigenvalue weighted by atomic mass is 35.5. The van der Waals surface area contributed by atoms with Crippen molar-refractivity contribution in [2.75, 3.05) is 13.2 Å². The molecule has 1 fully saturated rings. The number of hydrogen-bond acceptors (Lipinski definition) is 2. The Kier molecular flexibility index (Phi) is 5.12. The molecular weight excluding hydrogens is 258 g/mol. The van der Waals surface area contributed by atoms with Gasteiger partial charge in [-0.2, -0.15) is 0 Å². The largest absolute Gasteiger partial charge is 0.491 e. The highest BCUT2D eigenvalue weighted by Crippen LogP contribution is 2.37. The molecule has 1 aromatic rings. The van der Waals surface area contributed by atoms with Gasteiger partial charge in [-0.3, -0.25) is 0 Å². The molecular formula is C16H24ClNO.